The number of fused-ring (bicyclic) bond motifs is 4. The number of aliphatic imine (C=N–C) groups is 2. The maximum atomic E-state index is 12.2. The predicted octanol–water partition coefficient (Wildman–Crippen LogP) is 17.5. The number of aliphatic hydroxyl groups is 1. The summed E-state index contributed by atoms with van der Waals surface area (Å²) in [4.78, 5) is 48.1. The molecule has 2 aromatic carbocycles. The standard InChI is InChI=1S/2C25H31N3O2S.C3H8.6C2H6.CH4O.Cu/c2*1-31-15-14-24(25(29)30)28(16-20-12-10-18-6-2-4-8-22(18)26-20)17-21-13-11-19-7-3-5-9-23(19)27-21;1-3-2;7*1-2;/h2*2,4,6,8-10,12,19,24H,3,5,7,11,13-17H2,1H3,(H,29,30);3H2,1-2H3;6*1-2H3;2H,1H3;/q;;;;;;;;;;+1/t2*19-,24-;;;;;;;;;/m00........./s1. The Bertz CT molecular complexity index is 2170. The van der Waals surface area contributed by atoms with Crippen LogP contribution in [0, 0.1) is 11.8 Å². The smallest absolute Gasteiger partial charge is 0.480 e. The fourth-order valence-corrected chi connectivity index (χ4v) is 10.2. The van der Waals surface area contributed by atoms with E-state index in [-0.39, 0.29) is 17.1 Å². The van der Waals surface area contributed by atoms with Crippen LogP contribution in [0.15, 0.2) is 106 Å². The molecule has 4 heterocycles. The zero-order valence-electron chi connectivity index (χ0n) is 52.8. The molecule has 4 aromatic rings. The third kappa shape index (κ3) is 29.4. The summed E-state index contributed by atoms with van der Waals surface area (Å²) in [6.07, 6.45) is 22.5. The number of aliphatic carboxylic acids is 2. The molecular weight excluding hydrogens is 1080 g/mol. The second-order valence-electron chi connectivity index (χ2n) is 17.7. The maximum absolute atomic E-state index is 12.2. The van der Waals surface area contributed by atoms with E-state index in [0.29, 0.717) is 50.9 Å². The van der Waals surface area contributed by atoms with Crippen molar-refractivity contribution in [1.82, 2.24) is 19.8 Å². The maximum Gasteiger partial charge on any atom is 1.00 e. The third-order valence-corrected chi connectivity index (χ3v) is 13.9. The number of hydrogen-bond acceptors (Lipinski definition) is 11. The first-order chi connectivity index (χ1) is 38.7. The molecule has 0 radical (unpaired) electrons. The van der Waals surface area contributed by atoms with Crippen molar-refractivity contribution < 1.29 is 42.0 Å². The number of benzene rings is 2. The molecular formula is C66H110CuN6O5S2+. The zero-order valence-corrected chi connectivity index (χ0v) is 55.4. The molecule has 0 saturated carbocycles. The van der Waals surface area contributed by atoms with E-state index in [9.17, 15) is 19.8 Å². The van der Waals surface area contributed by atoms with Crippen molar-refractivity contribution >= 4 is 68.7 Å². The Kier molecular flexibility index (Phi) is 52.2. The first-order valence-corrected chi connectivity index (χ1v) is 33.1. The number of hydrogen-bond donors (Lipinski definition) is 3. The summed E-state index contributed by atoms with van der Waals surface area (Å²) in [5, 5.41) is 29.2. The van der Waals surface area contributed by atoms with Crippen LogP contribution in [-0.2, 0) is 39.7 Å². The van der Waals surface area contributed by atoms with Crippen molar-refractivity contribution in [2.24, 2.45) is 21.8 Å². The summed E-state index contributed by atoms with van der Waals surface area (Å²) in [6.45, 7) is 30.4. The quantitative estimate of drug-likeness (QED) is 0.0817. The van der Waals surface area contributed by atoms with Crippen molar-refractivity contribution in [2.75, 3.05) is 44.2 Å². The average Bonchev–Trinajstić information content (AvgIpc) is 3.51. The van der Waals surface area contributed by atoms with Crippen molar-refractivity contribution in [3.63, 3.8) is 0 Å². The van der Waals surface area contributed by atoms with Crippen molar-refractivity contribution in [3.8, 4) is 0 Å². The van der Waals surface area contributed by atoms with Crippen LogP contribution in [0.4, 0.5) is 0 Å². The van der Waals surface area contributed by atoms with Crippen LogP contribution in [0.1, 0.15) is 192 Å². The molecule has 0 bridgehead atoms. The summed E-state index contributed by atoms with van der Waals surface area (Å²) in [7, 11) is 1.00. The van der Waals surface area contributed by atoms with E-state index in [4.69, 9.17) is 25.1 Å². The van der Waals surface area contributed by atoms with E-state index in [1.165, 1.54) is 43.5 Å². The third-order valence-electron chi connectivity index (χ3n) is 12.7. The zero-order chi connectivity index (χ0) is 60.0. The molecule has 11 nitrogen and oxygen atoms in total. The van der Waals surface area contributed by atoms with Crippen LogP contribution in [0.2, 0.25) is 0 Å². The topological polar surface area (TPSA) is 152 Å². The Morgan fingerprint density at radius 2 is 0.875 bits per heavy atom. The molecule has 14 heteroatoms. The molecule has 0 spiro atoms. The second kappa shape index (κ2) is 52.0. The van der Waals surface area contributed by atoms with E-state index < -0.39 is 24.0 Å². The molecule has 4 atom stereocenters. The minimum absolute atomic E-state index is 0. The van der Waals surface area contributed by atoms with Crippen molar-refractivity contribution in [1.29, 1.82) is 0 Å². The van der Waals surface area contributed by atoms with Crippen LogP contribution >= 0.6 is 23.5 Å². The van der Waals surface area contributed by atoms with Crippen LogP contribution in [0.3, 0.4) is 0 Å². The summed E-state index contributed by atoms with van der Waals surface area (Å²) >= 11 is 3.38. The number of rotatable bonds is 18. The van der Waals surface area contributed by atoms with E-state index in [1.807, 2.05) is 156 Å². The number of thioether (sulfide) groups is 2. The van der Waals surface area contributed by atoms with Gasteiger partial charge in [0.15, 0.2) is 0 Å². The van der Waals surface area contributed by atoms with Gasteiger partial charge in [0, 0.05) is 78.7 Å². The number of para-hydroxylation sites is 2. The average molecular weight is 1200 g/mol. The van der Waals surface area contributed by atoms with Gasteiger partial charge in [-0.05, 0) is 125 Å². The molecule has 4 aliphatic rings. The van der Waals surface area contributed by atoms with Crippen LogP contribution in [-0.4, -0.2) is 115 Å². The number of carbonyl (C=O) groups is 2. The van der Waals surface area contributed by atoms with Gasteiger partial charge in [-0.3, -0.25) is 39.3 Å². The Hall–Kier alpha value is -3.88. The molecule has 2 aromatic heterocycles. The van der Waals surface area contributed by atoms with Gasteiger partial charge in [0.25, 0.3) is 0 Å². The van der Waals surface area contributed by atoms with Crippen molar-refractivity contribution in [2.45, 2.75) is 206 Å². The van der Waals surface area contributed by atoms with Gasteiger partial charge in [-0.2, -0.15) is 23.5 Å². The van der Waals surface area contributed by atoms with E-state index in [0.717, 1.165) is 102 Å². The largest absolute Gasteiger partial charge is 1.00 e. The molecule has 0 saturated heterocycles. The number of aliphatic hydroxyl groups excluding tert-OH is 1. The Morgan fingerprint density at radius 3 is 1.20 bits per heavy atom. The van der Waals surface area contributed by atoms with Crippen LogP contribution in [0.5, 0.6) is 0 Å². The first kappa shape index (κ1) is 80.3. The molecule has 80 heavy (non-hydrogen) atoms. The monoisotopic (exact) mass is 1190 g/mol. The molecule has 3 N–H and O–H groups in total. The van der Waals surface area contributed by atoms with E-state index in [1.54, 1.807) is 23.5 Å². The van der Waals surface area contributed by atoms with Crippen molar-refractivity contribution in [3.05, 3.63) is 108 Å². The summed E-state index contributed by atoms with van der Waals surface area (Å²) in [5.74, 6) is 1.30. The van der Waals surface area contributed by atoms with Gasteiger partial charge in [-0.15, -0.1) is 0 Å². The number of aromatic nitrogens is 2. The molecule has 2 aliphatic heterocycles. The Balaban J connectivity index is -0.00000116. The van der Waals surface area contributed by atoms with Gasteiger partial charge in [-0.25, -0.2) is 0 Å². The molecule has 0 fully saturated rings. The Labute approximate surface area is 506 Å². The summed E-state index contributed by atoms with van der Waals surface area (Å²) in [6, 6.07) is 23.2. The van der Waals surface area contributed by atoms with Gasteiger partial charge in [0.1, 0.15) is 12.1 Å². The number of pyridine rings is 2. The number of carboxylic acid groups (broad SMARTS) is 2. The minimum atomic E-state index is -0.763. The van der Waals surface area contributed by atoms with E-state index >= 15 is 0 Å². The van der Waals surface area contributed by atoms with Gasteiger partial charge < -0.3 is 15.3 Å². The predicted molar refractivity (Wildman–Crippen MR) is 350 cm³/mol. The summed E-state index contributed by atoms with van der Waals surface area (Å²) in [5.41, 5.74) is 8.38. The molecule has 0 amide bonds. The molecule has 8 rings (SSSR count). The van der Waals surface area contributed by atoms with Gasteiger partial charge in [0.2, 0.25) is 0 Å². The molecule has 0 unspecified atom stereocenters. The minimum Gasteiger partial charge on any atom is -0.480 e. The Morgan fingerprint density at radius 1 is 0.537 bits per heavy atom. The number of nitrogens with zero attached hydrogens (tertiary/aromatic N) is 6. The second-order valence-corrected chi connectivity index (χ2v) is 19.7. The molecule has 456 valence electrons. The molecule has 2 aliphatic carbocycles. The normalized spacial score (nSPS) is 15.9. The van der Waals surface area contributed by atoms with Gasteiger partial charge >= 0.3 is 29.0 Å². The van der Waals surface area contributed by atoms with E-state index in [2.05, 4.69) is 47.9 Å². The van der Waals surface area contributed by atoms with Crippen LogP contribution in [0.25, 0.3) is 21.8 Å². The first-order valence-electron chi connectivity index (χ1n) is 30.3. The van der Waals surface area contributed by atoms with Gasteiger partial charge in [-0.1, -0.05) is 164 Å². The van der Waals surface area contributed by atoms with Crippen LogP contribution < -0.4 is 0 Å². The number of carboxylic acids is 2. The fraction of sp³-hybridized carbons (Fsp3) is 0.606. The van der Waals surface area contributed by atoms with Gasteiger partial charge in [0.05, 0.1) is 22.4 Å². The number of allylic oxidation sites excluding steroid dienone is 4. The SMILES string of the molecule is CC.CC.CC.CC.CC.CC.CCC.CO.CSCC[C@@H](C(=O)O)N(CC1=NC2=CCCC[C@H]2CC1)Cc1ccc2ccccc2n1.CSCC[C@@H](C(=O)O)N(CC1=NC2=CCCC[C@H]2CC1)Cc1ccc2ccccc2n1.[Cu+]. The fourth-order valence-electron chi connectivity index (χ4n) is 9.32. The summed E-state index contributed by atoms with van der Waals surface area (Å²) < 4.78 is 0.